The van der Waals surface area contributed by atoms with E-state index in [1.807, 2.05) is 0 Å². The molecule has 0 heterocycles. The number of hydrogen-bond acceptors (Lipinski definition) is 3. The standard InChI is InChI=1S/C15H26N2O3/c16-15(9-5-2-6-10-15)13(20)17-14(11-12(18)19)7-3-1-4-8-14/h1-11,16H2,(H,17,20)(H,18,19). The second-order valence-corrected chi connectivity index (χ2v) is 6.58. The summed E-state index contributed by atoms with van der Waals surface area (Å²) in [5.41, 5.74) is 4.88. The van der Waals surface area contributed by atoms with Crippen molar-refractivity contribution in [2.75, 3.05) is 0 Å². The van der Waals surface area contributed by atoms with Crippen molar-refractivity contribution in [2.45, 2.75) is 81.7 Å². The van der Waals surface area contributed by atoms with Crippen molar-refractivity contribution in [1.82, 2.24) is 5.32 Å². The van der Waals surface area contributed by atoms with Crippen LogP contribution >= 0.6 is 0 Å². The summed E-state index contributed by atoms with van der Waals surface area (Å²) in [6.07, 6.45) is 9.10. The molecule has 5 nitrogen and oxygen atoms in total. The van der Waals surface area contributed by atoms with Gasteiger partial charge in [0.15, 0.2) is 0 Å². The van der Waals surface area contributed by atoms with Crippen LogP contribution in [0.15, 0.2) is 0 Å². The van der Waals surface area contributed by atoms with Gasteiger partial charge in [-0.15, -0.1) is 0 Å². The Bertz CT molecular complexity index is 369. The molecular weight excluding hydrogens is 256 g/mol. The highest BCUT2D eigenvalue weighted by atomic mass is 16.4. The Labute approximate surface area is 120 Å². The van der Waals surface area contributed by atoms with Crippen molar-refractivity contribution in [3.63, 3.8) is 0 Å². The van der Waals surface area contributed by atoms with E-state index in [1.54, 1.807) is 0 Å². The zero-order valence-corrected chi connectivity index (χ0v) is 12.1. The van der Waals surface area contributed by atoms with Gasteiger partial charge in [-0.25, -0.2) is 0 Å². The lowest BCUT2D eigenvalue weighted by Crippen LogP contribution is -2.61. The number of carbonyl (C=O) groups excluding carboxylic acids is 1. The smallest absolute Gasteiger partial charge is 0.305 e. The van der Waals surface area contributed by atoms with Crippen LogP contribution in [0.3, 0.4) is 0 Å². The van der Waals surface area contributed by atoms with Crippen LogP contribution in [0.25, 0.3) is 0 Å². The predicted molar refractivity (Wildman–Crippen MR) is 76.2 cm³/mol. The predicted octanol–water partition coefficient (Wildman–Crippen LogP) is 1.94. The maximum atomic E-state index is 12.5. The Hall–Kier alpha value is -1.10. The number of rotatable bonds is 4. The topological polar surface area (TPSA) is 92.4 Å². The number of hydrogen-bond donors (Lipinski definition) is 3. The number of carboxylic acid groups (broad SMARTS) is 1. The molecule has 0 atom stereocenters. The molecule has 1 amide bonds. The first kappa shape index (κ1) is 15.3. The van der Waals surface area contributed by atoms with Crippen molar-refractivity contribution in [3.05, 3.63) is 0 Å². The van der Waals surface area contributed by atoms with E-state index in [1.165, 1.54) is 0 Å². The average Bonchev–Trinajstić information content (AvgIpc) is 2.39. The van der Waals surface area contributed by atoms with E-state index in [9.17, 15) is 9.59 Å². The summed E-state index contributed by atoms with van der Waals surface area (Å²) < 4.78 is 0. The number of aliphatic carboxylic acids is 1. The Balaban J connectivity index is 2.06. The maximum absolute atomic E-state index is 12.5. The van der Waals surface area contributed by atoms with Crippen LogP contribution in [0, 0.1) is 0 Å². The molecule has 0 aromatic rings. The largest absolute Gasteiger partial charge is 0.481 e. The summed E-state index contributed by atoms with van der Waals surface area (Å²) >= 11 is 0. The lowest BCUT2D eigenvalue weighted by molar-refractivity contribution is -0.140. The van der Waals surface area contributed by atoms with E-state index in [2.05, 4.69) is 5.32 Å². The molecule has 0 aliphatic heterocycles. The van der Waals surface area contributed by atoms with Crippen molar-refractivity contribution < 1.29 is 14.7 Å². The van der Waals surface area contributed by atoms with Gasteiger partial charge in [0.1, 0.15) is 0 Å². The fourth-order valence-corrected chi connectivity index (χ4v) is 3.64. The third-order valence-corrected chi connectivity index (χ3v) is 4.88. The second kappa shape index (κ2) is 6.12. The molecule has 0 bridgehead atoms. The number of nitrogens with one attached hydrogen (secondary N) is 1. The first-order valence-electron chi connectivity index (χ1n) is 7.79. The molecular formula is C15H26N2O3. The molecule has 0 unspecified atom stereocenters. The third kappa shape index (κ3) is 3.51. The van der Waals surface area contributed by atoms with E-state index in [4.69, 9.17) is 10.8 Å². The molecule has 2 fully saturated rings. The van der Waals surface area contributed by atoms with Gasteiger partial charge < -0.3 is 16.2 Å². The van der Waals surface area contributed by atoms with Crippen molar-refractivity contribution >= 4 is 11.9 Å². The minimum atomic E-state index is -0.845. The Morgan fingerprint density at radius 1 is 0.950 bits per heavy atom. The molecule has 114 valence electrons. The lowest BCUT2D eigenvalue weighted by atomic mass is 9.76. The molecule has 5 heteroatoms. The molecule has 2 aliphatic carbocycles. The summed E-state index contributed by atoms with van der Waals surface area (Å²) in [7, 11) is 0. The minimum Gasteiger partial charge on any atom is -0.481 e. The van der Waals surface area contributed by atoms with Crippen molar-refractivity contribution in [3.8, 4) is 0 Å². The first-order valence-corrected chi connectivity index (χ1v) is 7.79. The molecule has 2 rings (SSSR count). The molecule has 2 aliphatic rings. The van der Waals surface area contributed by atoms with E-state index in [0.29, 0.717) is 12.8 Å². The minimum absolute atomic E-state index is 0.00875. The Morgan fingerprint density at radius 2 is 1.45 bits per heavy atom. The first-order chi connectivity index (χ1) is 9.46. The highest BCUT2D eigenvalue weighted by Gasteiger charge is 2.42. The SMILES string of the molecule is NC1(C(=O)NC2(CC(=O)O)CCCCC2)CCCCC1. The quantitative estimate of drug-likeness (QED) is 0.734. The molecule has 0 radical (unpaired) electrons. The highest BCUT2D eigenvalue weighted by molar-refractivity contribution is 5.87. The summed E-state index contributed by atoms with van der Waals surface area (Å²) in [4.78, 5) is 23.7. The fourth-order valence-electron chi connectivity index (χ4n) is 3.64. The van der Waals surface area contributed by atoms with Crippen LogP contribution in [0.4, 0.5) is 0 Å². The van der Waals surface area contributed by atoms with Gasteiger partial charge in [0.05, 0.1) is 17.5 Å². The zero-order chi connectivity index (χ0) is 14.6. The molecule has 0 aromatic carbocycles. The van der Waals surface area contributed by atoms with Gasteiger partial charge in [-0.1, -0.05) is 38.5 Å². The van der Waals surface area contributed by atoms with Gasteiger partial charge in [0, 0.05) is 0 Å². The maximum Gasteiger partial charge on any atom is 0.305 e. The van der Waals surface area contributed by atoms with Crippen LogP contribution in [0.2, 0.25) is 0 Å². The molecule has 0 aromatic heterocycles. The summed E-state index contributed by atoms with van der Waals surface area (Å²) in [5.74, 6) is -0.984. The van der Waals surface area contributed by atoms with Gasteiger partial charge in [-0.3, -0.25) is 9.59 Å². The normalized spacial score (nSPS) is 24.9. The van der Waals surface area contributed by atoms with E-state index < -0.39 is 17.0 Å². The van der Waals surface area contributed by atoms with Crippen LogP contribution < -0.4 is 11.1 Å². The van der Waals surface area contributed by atoms with Crippen LogP contribution in [-0.2, 0) is 9.59 Å². The number of nitrogens with two attached hydrogens (primary N) is 1. The van der Waals surface area contributed by atoms with Crippen LogP contribution in [-0.4, -0.2) is 28.1 Å². The molecule has 0 spiro atoms. The van der Waals surface area contributed by atoms with Crippen LogP contribution in [0.5, 0.6) is 0 Å². The average molecular weight is 282 g/mol. The van der Waals surface area contributed by atoms with Crippen molar-refractivity contribution in [1.29, 1.82) is 0 Å². The highest BCUT2D eigenvalue weighted by Crippen LogP contribution is 2.33. The Morgan fingerprint density at radius 3 is 1.95 bits per heavy atom. The summed E-state index contributed by atoms with van der Waals surface area (Å²) in [5, 5.41) is 12.2. The lowest BCUT2D eigenvalue weighted by Gasteiger charge is -2.41. The zero-order valence-electron chi connectivity index (χ0n) is 12.1. The number of carbonyl (C=O) groups is 2. The summed E-state index contributed by atoms with van der Waals surface area (Å²) in [6, 6.07) is 0. The molecule has 0 saturated heterocycles. The Kier molecular flexibility index (Phi) is 4.68. The van der Waals surface area contributed by atoms with E-state index in [0.717, 1.165) is 51.4 Å². The van der Waals surface area contributed by atoms with Crippen LogP contribution in [0.1, 0.15) is 70.6 Å². The number of carboxylic acids is 1. The third-order valence-electron chi connectivity index (χ3n) is 4.88. The summed E-state index contributed by atoms with van der Waals surface area (Å²) in [6.45, 7) is 0. The molecule has 2 saturated carbocycles. The van der Waals surface area contributed by atoms with Gasteiger partial charge in [0.25, 0.3) is 0 Å². The van der Waals surface area contributed by atoms with Gasteiger partial charge in [-0.2, -0.15) is 0 Å². The van der Waals surface area contributed by atoms with Gasteiger partial charge in [-0.05, 0) is 25.7 Å². The van der Waals surface area contributed by atoms with Crippen molar-refractivity contribution in [2.24, 2.45) is 5.73 Å². The van der Waals surface area contributed by atoms with E-state index in [-0.39, 0.29) is 12.3 Å². The second-order valence-electron chi connectivity index (χ2n) is 6.58. The van der Waals surface area contributed by atoms with Gasteiger partial charge in [0.2, 0.25) is 5.91 Å². The fraction of sp³-hybridized carbons (Fsp3) is 0.867. The molecule has 4 N–H and O–H groups in total. The van der Waals surface area contributed by atoms with Gasteiger partial charge >= 0.3 is 5.97 Å². The molecule has 20 heavy (non-hydrogen) atoms. The number of amides is 1. The van der Waals surface area contributed by atoms with E-state index >= 15 is 0 Å². The monoisotopic (exact) mass is 282 g/mol.